The lowest BCUT2D eigenvalue weighted by molar-refractivity contribution is -0.134. The van der Waals surface area contributed by atoms with Gasteiger partial charge in [-0.15, -0.1) is 0 Å². The zero-order chi connectivity index (χ0) is 16.1. The molecule has 1 aromatic rings. The van der Waals surface area contributed by atoms with E-state index in [0.717, 1.165) is 18.5 Å². The maximum Gasteiger partial charge on any atom is 0.226 e. The van der Waals surface area contributed by atoms with Gasteiger partial charge in [0.2, 0.25) is 5.91 Å². The third-order valence-electron chi connectivity index (χ3n) is 4.48. The highest BCUT2D eigenvalue weighted by Crippen LogP contribution is 2.18. The lowest BCUT2D eigenvalue weighted by atomic mass is 9.96. The summed E-state index contributed by atoms with van der Waals surface area (Å²) in [5.74, 6) is 0.924. The van der Waals surface area contributed by atoms with Gasteiger partial charge in [0.15, 0.2) is 0 Å². The van der Waals surface area contributed by atoms with Gasteiger partial charge in [-0.25, -0.2) is 0 Å². The second-order valence-electron chi connectivity index (χ2n) is 6.60. The van der Waals surface area contributed by atoms with Crippen molar-refractivity contribution in [2.24, 2.45) is 5.92 Å². The summed E-state index contributed by atoms with van der Waals surface area (Å²) in [6.45, 7) is 7.62. The summed E-state index contributed by atoms with van der Waals surface area (Å²) >= 11 is 0. The van der Waals surface area contributed by atoms with Crippen molar-refractivity contribution < 1.29 is 9.90 Å². The predicted molar refractivity (Wildman–Crippen MR) is 90.5 cm³/mol. The zero-order valence-electron chi connectivity index (χ0n) is 13.8. The van der Waals surface area contributed by atoms with Crippen LogP contribution in [-0.4, -0.2) is 35.1 Å². The molecule has 120 valence electrons. The van der Waals surface area contributed by atoms with Crippen LogP contribution in [0.1, 0.15) is 50.7 Å². The lowest BCUT2D eigenvalue weighted by Gasteiger charge is -2.34. The fourth-order valence-corrected chi connectivity index (χ4v) is 2.69. The molecule has 2 unspecified atom stereocenters. The molecule has 0 aliphatic carbocycles. The molecule has 2 atom stereocenters. The number of carbonyl (C=O) groups excluding carboxylic acids is 1. The van der Waals surface area contributed by atoms with E-state index in [1.54, 1.807) is 4.90 Å². The van der Waals surface area contributed by atoms with Gasteiger partial charge in [-0.05, 0) is 29.4 Å². The standard InChI is InChI=1S/C19H27NO2/c1-14(2)17-9-7-16(8-10-17)5-4-6-19(22)20-12-11-15(3)18(21)13-20/h4-5,7-10,14-15,18,21H,6,11-13H2,1-3H3/b5-4+. The van der Waals surface area contributed by atoms with Crippen LogP contribution in [0.3, 0.4) is 0 Å². The summed E-state index contributed by atoms with van der Waals surface area (Å²) in [6, 6.07) is 8.44. The Hall–Kier alpha value is -1.61. The van der Waals surface area contributed by atoms with Gasteiger partial charge in [-0.2, -0.15) is 0 Å². The molecule has 1 aliphatic heterocycles. The van der Waals surface area contributed by atoms with E-state index in [2.05, 4.69) is 38.1 Å². The van der Waals surface area contributed by atoms with Crippen molar-refractivity contribution in [3.8, 4) is 0 Å². The molecule has 3 nitrogen and oxygen atoms in total. The van der Waals surface area contributed by atoms with Crippen LogP contribution in [-0.2, 0) is 4.79 Å². The van der Waals surface area contributed by atoms with Crippen molar-refractivity contribution in [3.63, 3.8) is 0 Å². The van der Waals surface area contributed by atoms with Crippen molar-refractivity contribution in [2.75, 3.05) is 13.1 Å². The highest BCUT2D eigenvalue weighted by molar-refractivity contribution is 5.78. The molecule has 0 saturated carbocycles. The summed E-state index contributed by atoms with van der Waals surface area (Å²) in [6.07, 6.45) is 4.80. The van der Waals surface area contributed by atoms with E-state index in [-0.39, 0.29) is 12.0 Å². The van der Waals surface area contributed by atoms with Crippen molar-refractivity contribution in [1.29, 1.82) is 0 Å². The third kappa shape index (κ3) is 4.44. The van der Waals surface area contributed by atoms with Crippen molar-refractivity contribution >= 4 is 12.0 Å². The molecule has 1 N–H and O–H groups in total. The molecule has 1 amide bonds. The van der Waals surface area contributed by atoms with Crippen LogP contribution in [0.15, 0.2) is 30.3 Å². The summed E-state index contributed by atoms with van der Waals surface area (Å²) < 4.78 is 0. The lowest BCUT2D eigenvalue weighted by Crippen LogP contribution is -2.45. The third-order valence-corrected chi connectivity index (χ3v) is 4.48. The molecular formula is C19H27NO2. The Morgan fingerprint density at radius 1 is 1.36 bits per heavy atom. The minimum Gasteiger partial charge on any atom is -0.391 e. The molecule has 1 heterocycles. The van der Waals surface area contributed by atoms with Gasteiger partial charge < -0.3 is 10.0 Å². The Morgan fingerprint density at radius 2 is 2.05 bits per heavy atom. The fourth-order valence-electron chi connectivity index (χ4n) is 2.69. The molecular weight excluding hydrogens is 274 g/mol. The number of likely N-dealkylation sites (tertiary alicyclic amines) is 1. The van der Waals surface area contributed by atoms with Crippen LogP contribution in [0.5, 0.6) is 0 Å². The number of aliphatic hydroxyl groups is 1. The van der Waals surface area contributed by atoms with E-state index < -0.39 is 0 Å². The Balaban J connectivity index is 1.85. The number of hydrogen-bond acceptors (Lipinski definition) is 2. The molecule has 1 aromatic carbocycles. The molecule has 0 bridgehead atoms. The molecule has 0 aromatic heterocycles. The molecule has 1 saturated heterocycles. The zero-order valence-corrected chi connectivity index (χ0v) is 13.8. The fraction of sp³-hybridized carbons (Fsp3) is 0.526. The van der Waals surface area contributed by atoms with Gasteiger partial charge in [0.05, 0.1) is 6.10 Å². The van der Waals surface area contributed by atoms with Crippen molar-refractivity contribution in [2.45, 2.75) is 45.6 Å². The number of carbonyl (C=O) groups is 1. The first-order chi connectivity index (χ1) is 10.5. The molecule has 1 aliphatic rings. The van der Waals surface area contributed by atoms with Gasteiger partial charge >= 0.3 is 0 Å². The van der Waals surface area contributed by atoms with Gasteiger partial charge in [-0.3, -0.25) is 4.79 Å². The Kier molecular flexibility index (Phi) is 5.78. The van der Waals surface area contributed by atoms with E-state index in [1.165, 1.54) is 5.56 Å². The molecule has 0 spiro atoms. The quantitative estimate of drug-likeness (QED) is 0.925. The van der Waals surface area contributed by atoms with E-state index in [0.29, 0.717) is 24.8 Å². The minimum absolute atomic E-state index is 0.0981. The van der Waals surface area contributed by atoms with E-state index in [4.69, 9.17) is 0 Å². The van der Waals surface area contributed by atoms with Gasteiger partial charge in [0, 0.05) is 19.5 Å². The number of aliphatic hydroxyl groups excluding tert-OH is 1. The van der Waals surface area contributed by atoms with Gasteiger partial charge in [0.25, 0.3) is 0 Å². The molecule has 3 heteroatoms. The first kappa shape index (κ1) is 16.8. The normalized spacial score (nSPS) is 22.5. The van der Waals surface area contributed by atoms with Crippen molar-refractivity contribution in [1.82, 2.24) is 4.90 Å². The maximum absolute atomic E-state index is 12.1. The number of benzene rings is 1. The summed E-state index contributed by atoms with van der Waals surface area (Å²) in [7, 11) is 0. The Morgan fingerprint density at radius 3 is 2.64 bits per heavy atom. The monoisotopic (exact) mass is 301 g/mol. The summed E-state index contributed by atoms with van der Waals surface area (Å²) in [5, 5.41) is 9.86. The van der Waals surface area contributed by atoms with E-state index in [9.17, 15) is 9.90 Å². The largest absolute Gasteiger partial charge is 0.391 e. The highest BCUT2D eigenvalue weighted by Gasteiger charge is 2.26. The second kappa shape index (κ2) is 7.59. The van der Waals surface area contributed by atoms with Gasteiger partial charge in [-0.1, -0.05) is 57.2 Å². The predicted octanol–water partition coefficient (Wildman–Crippen LogP) is 3.44. The number of rotatable bonds is 4. The average Bonchev–Trinajstić information content (AvgIpc) is 2.50. The smallest absolute Gasteiger partial charge is 0.226 e. The van der Waals surface area contributed by atoms with Crippen LogP contribution in [0.25, 0.3) is 6.08 Å². The average molecular weight is 301 g/mol. The number of amides is 1. The van der Waals surface area contributed by atoms with Crippen LogP contribution >= 0.6 is 0 Å². The topological polar surface area (TPSA) is 40.5 Å². The van der Waals surface area contributed by atoms with Crippen LogP contribution in [0.2, 0.25) is 0 Å². The van der Waals surface area contributed by atoms with Crippen LogP contribution in [0, 0.1) is 5.92 Å². The number of β-amino-alcohol motifs (C(OH)–C–C–N with tert-alkyl or cyclic N) is 1. The van der Waals surface area contributed by atoms with Crippen LogP contribution < -0.4 is 0 Å². The SMILES string of the molecule is CC(C)c1ccc(/C=C/CC(=O)N2CCC(C)C(O)C2)cc1. The van der Waals surface area contributed by atoms with E-state index in [1.807, 2.05) is 19.1 Å². The first-order valence-electron chi connectivity index (χ1n) is 8.19. The number of nitrogens with zero attached hydrogens (tertiary/aromatic N) is 1. The molecule has 0 radical (unpaired) electrons. The maximum atomic E-state index is 12.1. The summed E-state index contributed by atoms with van der Waals surface area (Å²) in [4.78, 5) is 13.9. The second-order valence-corrected chi connectivity index (χ2v) is 6.60. The first-order valence-corrected chi connectivity index (χ1v) is 8.19. The molecule has 22 heavy (non-hydrogen) atoms. The minimum atomic E-state index is -0.384. The molecule has 2 rings (SSSR count). The van der Waals surface area contributed by atoms with Crippen LogP contribution in [0.4, 0.5) is 0 Å². The number of hydrogen-bond donors (Lipinski definition) is 1. The number of piperidine rings is 1. The van der Waals surface area contributed by atoms with Crippen molar-refractivity contribution in [3.05, 3.63) is 41.5 Å². The summed E-state index contributed by atoms with van der Waals surface area (Å²) in [5.41, 5.74) is 2.44. The Labute approximate surface area is 133 Å². The van der Waals surface area contributed by atoms with Gasteiger partial charge in [0.1, 0.15) is 0 Å². The Bertz CT molecular complexity index is 519. The highest BCUT2D eigenvalue weighted by atomic mass is 16.3. The van der Waals surface area contributed by atoms with E-state index >= 15 is 0 Å². The molecule has 1 fully saturated rings.